The molecule has 1 aromatic heterocycles. The summed E-state index contributed by atoms with van der Waals surface area (Å²) in [7, 11) is 0. The minimum absolute atomic E-state index is 0.0119. The Morgan fingerprint density at radius 1 is 0.800 bits per heavy atom. The third-order valence-corrected chi connectivity index (χ3v) is 8.34. The molecule has 45 heavy (non-hydrogen) atoms. The maximum absolute atomic E-state index is 13.4. The number of thioether (sulfide) groups is 1. The molecule has 0 spiro atoms. The lowest BCUT2D eigenvalue weighted by Crippen LogP contribution is -2.30. The zero-order chi connectivity index (χ0) is 31.8. The number of nitrogens with one attached hydrogen (secondary N) is 3. The van der Waals surface area contributed by atoms with E-state index < -0.39 is 11.8 Å². The Bertz CT molecular complexity index is 1840. The molecule has 3 amide bonds. The Hall–Kier alpha value is -5.05. The van der Waals surface area contributed by atoms with Crippen molar-refractivity contribution in [1.29, 1.82) is 0 Å². The van der Waals surface area contributed by atoms with E-state index in [-0.39, 0.29) is 16.9 Å². The first-order chi connectivity index (χ1) is 21.8. The van der Waals surface area contributed by atoms with Crippen molar-refractivity contribution in [2.45, 2.75) is 24.0 Å². The van der Waals surface area contributed by atoms with Crippen LogP contribution in [0.4, 0.5) is 11.4 Å². The molecule has 0 saturated carbocycles. The van der Waals surface area contributed by atoms with E-state index in [0.29, 0.717) is 33.5 Å². The lowest BCUT2D eigenvalue weighted by molar-refractivity contribution is -0.115. The summed E-state index contributed by atoms with van der Waals surface area (Å²) in [4.78, 5) is 40.1. The van der Waals surface area contributed by atoms with Gasteiger partial charge in [0.05, 0.1) is 5.25 Å². The summed E-state index contributed by atoms with van der Waals surface area (Å²) in [6, 6.07) is 34.3. The fraction of sp³-hybridized carbons (Fsp3) is 0.0833. The molecule has 4 aromatic carbocycles. The molecular formula is C36H30ClN3O4S. The van der Waals surface area contributed by atoms with Gasteiger partial charge in [-0.3, -0.25) is 14.4 Å². The van der Waals surface area contributed by atoms with E-state index in [1.165, 1.54) is 17.8 Å². The molecule has 3 N–H and O–H groups in total. The van der Waals surface area contributed by atoms with Crippen LogP contribution in [0.3, 0.4) is 0 Å². The average molecular weight is 636 g/mol. The van der Waals surface area contributed by atoms with Crippen molar-refractivity contribution in [1.82, 2.24) is 5.32 Å². The van der Waals surface area contributed by atoms with Gasteiger partial charge >= 0.3 is 0 Å². The van der Waals surface area contributed by atoms with Gasteiger partial charge in [0.25, 0.3) is 11.8 Å². The third kappa shape index (κ3) is 8.32. The molecule has 0 fully saturated rings. The molecule has 0 saturated heterocycles. The summed E-state index contributed by atoms with van der Waals surface area (Å²) in [6.07, 6.45) is 1.49. The smallest absolute Gasteiger partial charge is 0.272 e. The van der Waals surface area contributed by atoms with Crippen LogP contribution in [-0.4, -0.2) is 23.0 Å². The van der Waals surface area contributed by atoms with Crippen LogP contribution in [0.1, 0.15) is 28.6 Å². The minimum atomic E-state index is -0.526. The Morgan fingerprint density at radius 3 is 2.20 bits per heavy atom. The van der Waals surface area contributed by atoms with Gasteiger partial charge in [-0.25, -0.2) is 0 Å². The lowest BCUT2D eigenvalue weighted by atomic mass is 10.2. The van der Waals surface area contributed by atoms with Gasteiger partial charge in [-0.2, -0.15) is 0 Å². The van der Waals surface area contributed by atoms with Crippen LogP contribution in [0.25, 0.3) is 17.4 Å². The highest BCUT2D eigenvalue weighted by Crippen LogP contribution is 2.28. The number of amides is 3. The van der Waals surface area contributed by atoms with Crippen molar-refractivity contribution in [3.05, 3.63) is 143 Å². The molecule has 5 rings (SSSR count). The second-order valence-electron chi connectivity index (χ2n) is 10.1. The zero-order valence-corrected chi connectivity index (χ0v) is 26.1. The topological polar surface area (TPSA) is 100 Å². The number of carbonyl (C=O) groups is 3. The summed E-state index contributed by atoms with van der Waals surface area (Å²) in [5, 5.41) is 8.69. The van der Waals surface area contributed by atoms with Crippen LogP contribution >= 0.6 is 23.4 Å². The standard InChI is InChI=1S/C36H30ClN3O4S/c1-23-30(37)14-9-15-31(23)39-34(41)24(2)45-29-19-16-27(17-20-29)38-36(43)32(40-35(42)26-12-7-4-8-13-26)22-28-18-21-33(44-28)25-10-5-3-6-11-25/h3-22,24H,1-2H3,(H,38,43)(H,39,41)(H,40,42)/b32-22-/t24-/m1/s1. The monoisotopic (exact) mass is 635 g/mol. The minimum Gasteiger partial charge on any atom is -0.457 e. The summed E-state index contributed by atoms with van der Waals surface area (Å²) in [5.41, 5.74) is 3.30. The molecule has 7 nitrogen and oxygen atoms in total. The number of carbonyl (C=O) groups excluding carboxylic acids is 3. The largest absolute Gasteiger partial charge is 0.457 e. The fourth-order valence-electron chi connectivity index (χ4n) is 4.32. The number of anilines is 2. The van der Waals surface area contributed by atoms with Crippen LogP contribution in [0.15, 0.2) is 130 Å². The second kappa shape index (κ2) is 14.6. The van der Waals surface area contributed by atoms with Gasteiger partial charge in [0, 0.05) is 38.5 Å². The molecule has 1 heterocycles. The van der Waals surface area contributed by atoms with Gasteiger partial charge in [0.1, 0.15) is 17.2 Å². The lowest BCUT2D eigenvalue weighted by Gasteiger charge is -2.15. The number of hydrogen-bond donors (Lipinski definition) is 3. The van der Waals surface area contributed by atoms with Gasteiger partial charge in [-0.15, -0.1) is 11.8 Å². The molecule has 9 heteroatoms. The van der Waals surface area contributed by atoms with Crippen molar-refractivity contribution in [3.63, 3.8) is 0 Å². The molecule has 0 aliphatic rings. The quantitative estimate of drug-likeness (QED) is 0.106. The van der Waals surface area contributed by atoms with Crippen LogP contribution in [0.2, 0.25) is 5.02 Å². The van der Waals surface area contributed by atoms with Gasteiger partial charge in [0.15, 0.2) is 0 Å². The normalized spacial score (nSPS) is 11.8. The highest BCUT2D eigenvalue weighted by molar-refractivity contribution is 8.00. The van der Waals surface area contributed by atoms with Gasteiger partial charge in [-0.05, 0) is 80.1 Å². The maximum Gasteiger partial charge on any atom is 0.272 e. The van der Waals surface area contributed by atoms with E-state index in [0.717, 1.165) is 16.0 Å². The molecular weight excluding hydrogens is 606 g/mol. The molecule has 0 unspecified atom stereocenters. The Kier molecular flexibility index (Phi) is 10.2. The first-order valence-electron chi connectivity index (χ1n) is 14.1. The number of hydrogen-bond acceptors (Lipinski definition) is 5. The van der Waals surface area contributed by atoms with Crippen LogP contribution in [0, 0.1) is 6.92 Å². The molecule has 0 radical (unpaired) electrons. The van der Waals surface area contributed by atoms with Crippen molar-refractivity contribution >= 4 is 58.5 Å². The molecule has 226 valence electrons. The van der Waals surface area contributed by atoms with E-state index in [1.807, 2.05) is 74.5 Å². The molecule has 0 bridgehead atoms. The maximum atomic E-state index is 13.4. The summed E-state index contributed by atoms with van der Waals surface area (Å²) in [6.45, 7) is 3.67. The van der Waals surface area contributed by atoms with Crippen molar-refractivity contribution < 1.29 is 18.8 Å². The Morgan fingerprint density at radius 2 is 1.49 bits per heavy atom. The fourth-order valence-corrected chi connectivity index (χ4v) is 5.36. The van der Waals surface area contributed by atoms with Crippen molar-refractivity contribution in [2.75, 3.05) is 10.6 Å². The Labute approximate surface area is 270 Å². The summed E-state index contributed by atoms with van der Waals surface area (Å²) >= 11 is 7.56. The second-order valence-corrected chi connectivity index (χ2v) is 11.9. The highest BCUT2D eigenvalue weighted by Gasteiger charge is 2.18. The van der Waals surface area contributed by atoms with Gasteiger partial charge < -0.3 is 20.4 Å². The molecule has 1 atom stereocenters. The van der Waals surface area contributed by atoms with Gasteiger partial charge in [-0.1, -0.05) is 66.2 Å². The Balaban J connectivity index is 1.28. The van der Waals surface area contributed by atoms with E-state index in [4.69, 9.17) is 16.0 Å². The van der Waals surface area contributed by atoms with Crippen LogP contribution < -0.4 is 16.0 Å². The first-order valence-corrected chi connectivity index (χ1v) is 15.4. The van der Waals surface area contributed by atoms with E-state index in [1.54, 1.807) is 54.6 Å². The number of rotatable bonds is 10. The molecule has 0 aliphatic heterocycles. The van der Waals surface area contributed by atoms with E-state index in [2.05, 4.69) is 16.0 Å². The van der Waals surface area contributed by atoms with Crippen LogP contribution in [-0.2, 0) is 9.59 Å². The summed E-state index contributed by atoms with van der Waals surface area (Å²) in [5.74, 6) is -0.0742. The zero-order valence-electron chi connectivity index (χ0n) is 24.5. The van der Waals surface area contributed by atoms with Crippen LogP contribution in [0.5, 0.6) is 0 Å². The number of benzene rings is 4. The molecule has 5 aromatic rings. The van der Waals surface area contributed by atoms with E-state index in [9.17, 15) is 14.4 Å². The third-order valence-electron chi connectivity index (χ3n) is 6.82. The number of furan rings is 1. The average Bonchev–Trinajstić information content (AvgIpc) is 3.53. The van der Waals surface area contributed by atoms with Crippen molar-refractivity contribution in [3.8, 4) is 11.3 Å². The van der Waals surface area contributed by atoms with Gasteiger partial charge in [0.2, 0.25) is 5.91 Å². The summed E-state index contributed by atoms with van der Waals surface area (Å²) < 4.78 is 5.96. The number of halogens is 1. The highest BCUT2D eigenvalue weighted by atomic mass is 35.5. The first kappa shape index (κ1) is 31.4. The molecule has 0 aliphatic carbocycles. The van der Waals surface area contributed by atoms with Crippen molar-refractivity contribution in [2.24, 2.45) is 0 Å². The predicted molar refractivity (Wildman–Crippen MR) is 181 cm³/mol. The SMILES string of the molecule is Cc1c(Cl)cccc1NC(=O)[C@@H](C)Sc1ccc(NC(=O)/C(=C/c2ccc(-c3ccccc3)o2)NC(=O)c2ccccc2)cc1. The predicted octanol–water partition coefficient (Wildman–Crippen LogP) is 8.44. The van der Waals surface area contributed by atoms with E-state index >= 15 is 0 Å².